The van der Waals surface area contributed by atoms with Crippen molar-refractivity contribution in [1.82, 2.24) is 24.6 Å². The Labute approximate surface area is 118 Å². The molecule has 1 atom stereocenters. The Balaban J connectivity index is 1.89. The highest BCUT2D eigenvalue weighted by molar-refractivity contribution is 5.93. The Morgan fingerprint density at radius 3 is 2.95 bits per heavy atom. The summed E-state index contributed by atoms with van der Waals surface area (Å²) in [4.78, 5) is 14.7. The van der Waals surface area contributed by atoms with Gasteiger partial charge in [-0.05, 0) is 12.1 Å². The largest absolute Gasteiger partial charge is 0.347 e. The maximum Gasteiger partial charge on any atom is 0.271 e. The van der Waals surface area contributed by atoms with Crippen molar-refractivity contribution in [3.8, 4) is 0 Å². The molecule has 1 fully saturated rings. The Kier molecular flexibility index (Phi) is 3.31. The second-order valence-electron chi connectivity index (χ2n) is 5.17. The summed E-state index contributed by atoms with van der Waals surface area (Å²) >= 11 is 0. The fourth-order valence-electron chi connectivity index (χ4n) is 2.69. The van der Waals surface area contributed by atoms with Crippen molar-refractivity contribution in [2.45, 2.75) is 6.04 Å². The lowest BCUT2D eigenvalue weighted by Gasteiger charge is -2.35. The fraction of sp³-hybridized carbons (Fsp3) is 0.429. The highest BCUT2D eigenvalue weighted by Crippen LogP contribution is 2.23. The van der Waals surface area contributed by atoms with Gasteiger partial charge in [0.15, 0.2) is 0 Å². The van der Waals surface area contributed by atoms with Crippen molar-refractivity contribution in [3.05, 3.63) is 42.0 Å². The van der Waals surface area contributed by atoms with Crippen LogP contribution in [0.3, 0.4) is 0 Å². The third-order valence-electron chi connectivity index (χ3n) is 3.78. The molecule has 1 N–H and O–H groups in total. The van der Waals surface area contributed by atoms with Gasteiger partial charge in [0.05, 0.1) is 12.2 Å². The first-order valence-electron chi connectivity index (χ1n) is 6.78. The van der Waals surface area contributed by atoms with E-state index in [1.807, 2.05) is 54.3 Å². The highest BCUT2D eigenvalue weighted by Gasteiger charge is 2.30. The number of carbonyl (C=O) groups excluding carboxylic acids is 1. The zero-order valence-electron chi connectivity index (χ0n) is 11.8. The molecule has 1 saturated heterocycles. The van der Waals surface area contributed by atoms with Crippen molar-refractivity contribution >= 4 is 5.91 Å². The topological polar surface area (TPSA) is 55.1 Å². The van der Waals surface area contributed by atoms with Gasteiger partial charge in [0.25, 0.3) is 5.91 Å². The molecule has 3 heterocycles. The van der Waals surface area contributed by atoms with Crippen LogP contribution in [0, 0.1) is 0 Å². The first-order chi connectivity index (χ1) is 9.66. The number of hydrogen-bond acceptors (Lipinski definition) is 3. The van der Waals surface area contributed by atoms with E-state index in [2.05, 4.69) is 10.4 Å². The van der Waals surface area contributed by atoms with Crippen LogP contribution in [0.5, 0.6) is 0 Å². The number of nitrogens with zero attached hydrogens (tertiary/aromatic N) is 4. The molecular weight excluding hydrogens is 254 g/mol. The van der Waals surface area contributed by atoms with Crippen molar-refractivity contribution in [3.63, 3.8) is 0 Å². The molecule has 0 spiro atoms. The molecule has 0 bridgehead atoms. The Bertz CT molecular complexity index is 615. The lowest BCUT2D eigenvalue weighted by atomic mass is 10.1. The van der Waals surface area contributed by atoms with Gasteiger partial charge in [0.2, 0.25) is 0 Å². The van der Waals surface area contributed by atoms with Gasteiger partial charge in [0, 0.05) is 51.7 Å². The van der Waals surface area contributed by atoms with Crippen LogP contribution in [0.25, 0.3) is 0 Å². The molecule has 2 aromatic rings. The minimum absolute atomic E-state index is 0.0415. The van der Waals surface area contributed by atoms with E-state index < -0.39 is 0 Å². The molecule has 2 aromatic heterocycles. The van der Waals surface area contributed by atoms with Crippen molar-refractivity contribution in [2.75, 3.05) is 19.6 Å². The molecule has 0 aliphatic carbocycles. The van der Waals surface area contributed by atoms with Gasteiger partial charge in [-0.25, -0.2) is 0 Å². The maximum absolute atomic E-state index is 12.7. The molecule has 1 aliphatic heterocycles. The van der Waals surface area contributed by atoms with Gasteiger partial charge in [-0.2, -0.15) is 5.10 Å². The number of amides is 1. The SMILES string of the molecule is Cn1cc([C@@H]2CNCCN2C(=O)c2cccn2C)cn1. The summed E-state index contributed by atoms with van der Waals surface area (Å²) in [5, 5.41) is 7.56. The van der Waals surface area contributed by atoms with Crippen LogP contribution in [0.1, 0.15) is 22.1 Å². The van der Waals surface area contributed by atoms with Gasteiger partial charge in [-0.15, -0.1) is 0 Å². The van der Waals surface area contributed by atoms with Crippen molar-refractivity contribution in [2.24, 2.45) is 14.1 Å². The van der Waals surface area contributed by atoms with E-state index in [4.69, 9.17) is 0 Å². The van der Waals surface area contributed by atoms with E-state index in [0.717, 1.165) is 24.3 Å². The number of hydrogen-bond donors (Lipinski definition) is 1. The normalized spacial score (nSPS) is 19.3. The van der Waals surface area contributed by atoms with Crippen LogP contribution in [-0.4, -0.2) is 44.8 Å². The molecule has 0 aromatic carbocycles. The third-order valence-corrected chi connectivity index (χ3v) is 3.78. The van der Waals surface area contributed by atoms with Gasteiger partial charge in [0.1, 0.15) is 5.69 Å². The number of carbonyl (C=O) groups is 1. The summed E-state index contributed by atoms with van der Waals surface area (Å²) in [5.74, 6) is 0.0767. The summed E-state index contributed by atoms with van der Waals surface area (Å²) < 4.78 is 3.64. The zero-order chi connectivity index (χ0) is 14.1. The van der Waals surface area contributed by atoms with E-state index in [9.17, 15) is 4.79 Å². The van der Waals surface area contributed by atoms with Gasteiger partial charge >= 0.3 is 0 Å². The molecule has 0 unspecified atom stereocenters. The second-order valence-corrected chi connectivity index (χ2v) is 5.17. The summed E-state index contributed by atoms with van der Waals surface area (Å²) in [6, 6.07) is 3.80. The Morgan fingerprint density at radius 1 is 1.45 bits per heavy atom. The molecular formula is C14H19N5O. The summed E-state index contributed by atoms with van der Waals surface area (Å²) in [7, 11) is 3.79. The molecule has 0 radical (unpaired) electrons. The summed E-state index contributed by atoms with van der Waals surface area (Å²) in [5.41, 5.74) is 1.79. The van der Waals surface area contributed by atoms with E-state index in [1.165, 1.54) is 0 Å². The van der Waals surface area contributed by atoms with E-state index in [0.29, 0.717) is 6.54 Å². The predicted octanol–water partition coefficient (Wildman–Crippen LogP) is 0.545. The van der Waals surface area contributed by atoms with Gasteiger partial charge < -0.3 is 14.8 Å². The zero-order valence-corrected chi connectivity index (χ0v) is 11.8. The number of aryl methyl sites for hydroxylation is 2. The second kappa shape index (κ2) is 5.13. The first kappa shape index (κ1) is 12.9. The number of piperazine rings is 1. The Morgan fingerprint density at radius 2 is 2.30 bits per heavy atom. The smallest absolute Gasteiger partial charge is 0.271 e. The van der Waals surface area contributed by atoms with Crippen LogP contribution >= 0.6 is 0 Å². The Hall–Kier alpha value is -2.08. The first-order valence-corrected chi connectivity index (χ1v) is 6.78. The number of rotatable bonds is 2. The van der Waals surface area contributed by atoms with Crippen molar-refractivity contribution in [1.29, 1.82) is 0 Å². The molecule has 6 heteroatoms. The maximum atomic E-state index is 12.7. The van der Waals surface area contributed by atoms with Crippen LogP contribution < -0.4 is 5.32 Å². The molecule has 6 nitrogen and oxygen atoms in total. The minimum atomic E-state index is 0.0415. The van der Waals surface area contributed by atoms with E-state index in [1.54, 1.807) is 4.68 Å². The average Bonchev–Trinajstić information content (AvgIpc) is 3.07. The molecule has 1 amide bonds. The lowest BCUT2D eigenvalue weighted by Crippen LogP contribution is -2.49. The van der Waals surface area contributed by atoms with Crippen LogP contribution in [-0.2, 0) is 14.1 Å². The van der Waals surface area contributed by atoms with Crippen LogP contribution in [0.2, 0.25) is 0 Å². The summed E-state index contributed by atoms with van der Waals surface area (Å²) in [6.07, 6.45) is 5.71. The monoisotopic (exact) mass is 273 g/mol. The number of nitrogens with one attached hydrogen (secondary N) is 1. The van der Waals surface area contributed by atoms with E-state index >= 15 is 0 Å². The van der Waals surface area contributed by atoms with Crippen LogP contribution in [0.15, 0.2) is 30.7 Å². The highest BCUT2D eigenvalue weighted by atomic mass is 16.2. The van der Waals surface area contributed by atoms with Gasteiger partial charge in [-0.3, -0.25) is 9.48 Å². The van der Waals surface area contributed by atoms with Gasteiger partial charge in [-0.1, -0.05) is 0 Å². The molecule has 3 rings (SSSR count). The number of aromatic nitrogens is 3. The van der Waals surface area contributed by atoms with E-state index in [-0.39, 0.29) is 11.9 Å². The standard InChI is InChI=1S/C14H19N5O/c1-17-6-3-4-12(17)14(20)19-7-5-15-9-13(19)11-8-16-18(2)10-11/h3-4,6,8,10,13,15H,5,7,9H2,1-2H3/t13-/m0/s1. The minimum Gasteiger partial charge on any atom is -0.347 e. The molecule has 20 heavy (non-hydrogen) atoms. The average molecular weight is 273 g/mol. The van der Waals surface area contributed by atoms with Crippen molar-refractivity contribution < 1.29 is 4.79 Å². The molecule has 1 aliphatic rings. The predicted molar refractivity (Wildman–Crippen MR) is 75.3 cm³/mol. The fourth-order valence-corrected chi connectivity index (χ4v) is 2.69. The molecule has 106 valence electrons. The van der Waals surface area contributed by atoms with Crippen LogP contribution in [0.4, 0.5) is 0 Å². The molecule has 0 saturated carbocycles. The lowest BCUT2D eigenvalue weighted by molar-refractivity contribution is 0.0624. The third kappa shape index (κ3) is 2.22. The quantitative estimate of drug-likeness (QED) is 0.869. The summed E-state index contributed by atoms with van der Waals surface area (Å²) in [6.45, 7) is 2.30.